The number of carbonyl (C=O) groups is 1. The third-order valence-corrected chi connectivity index (χ3v) is 5.53. The predicted octanol–water partition coefficient (Wildman–Crippen LogP) is 5.36. The van der Waals surface area contributed by atoms with Crippen LogP contribution in [-0.2, 0) is 6.54 Å². The largest absolute Gasteiger partial charge is 0.316 e. The minimum absolute atomic E-state index is 0.203. The molecule has 1 heterocycles. The number of benzene rings is 2. The summed E-state index contributed by atoms with van der Waals surface area (Å²) in [6.07, 6.45) is 0. The van der Waals surface area contributed by atoms with Crippen LogP contribution in [0.4, 0.5) is 0 Å². The van der Waals surface area contributed by atoms with Crippen LogP contribution in [0.3, 0.4) is 0 Å². The van der Waals surface area contributed by atoms with Gasteiger partial charge in [-0.25, -0.2) is 0 Å². The smallest absolute Gasteiger partial charge is 0.279 e. The number of aryl methyl sites for hydroxylation is 2. The first-order valence-electron chi connectivity index (χ1n) is 8.11. The third kappa shape index (κ3) is 3.83. The van der Waals surface area contributed by atoms with Crippen LogP contribution in [0.2, 0.25) is 0 Å². The molecule has 0 saturated heterocycles. The highest BCUT2D eigenvalue weighted by Gasteiger charge is 2.13. The number of hydrogen-bond acceptors (Lipinski definition) is 2. The summed E-state index contributed by atoms with van der Waals surface area (Å²) in [6, 6.07) is 15.7. The van der Waals surface area contributed by atoms with E-state index >= 15 is 0 Å². The van der Waals surface area contributed by atoms with Crippen molar-refractivity contribution in [2.75, 3.05) is 0 Å². The first kappa shape index (κ1) is 17.8. The van der Waals surface area contributed by atoms with Gasteiger partial charge in [0.25, 0.3) is 5.91 Å². The van der Waals surface area contributed by atoms with Crippen LogP contribution in [0, 0.1) is 13.8 Å². The van der Waals surface area contributed by atoms with Crippen LogP contribution < -0.4 is 4.80 Å². The maximum Gasteiger partial charge on any atom is 0.279 e. The summed E-state index contributed by atoms with van der Waals surface area (Å²) in [7, 11) is 0. The number of carbonyl (C=O) groups excluding carboxylic acids is 1. The van der Waals surface area contributed by atoms with Crippen LogP contribution in [-0.4, -0.2) is 10.5 Å². The molecule has 0 radical (unpaired) electrons. The normalized spacial score (nSPS) is 11.8. The Balaban J connectivity index is 2.08. The van der Waals surface area contributed by atoms with Crippen LogP contribution in [0.5, 0.6) is 0 Å². The van der Waals surface area contributed by atoms with Crippen LogP contribution in [0.1, 0.15) is 27.7 Å². The van der Waals surface area contributed by atoms with Crippen molar-refractivity contribution in [2.45, 2.75) is 27.3 Å². The fourth-order valence-electron chi connectivity index (χ4n) is 2.72. The molecule has 128 valence electrons. The van der Waals surface area contributed by atoms with E-state index in [-0.39, 0.29) is 5.91 Å². The Bertz CT molecular complexity index is 966. The first-order valence-corrected chi connectivity index (χ1v) is 9.72. The van der Waals surface area contributed by atoms with Crippen molar-refractivity contribution < 1.29 is 4.79 Å². The Kier molecular flexibility index (Phi) is 5.35. The van der Waals surface area contributed by atoms with Crippen LogP contribution in [0.15, 0.2) is 58.0 Å². The number of aromatic nitrogens is 1. The second kappa shape index (κ2) is 7.50. The number of amides is 1. The molecule has 0 fully saturated rings. The van der Waals surface area contributed by atoms with E-state index in [2.05, 4.69) is 51.5 Å². The summed E-state index contributed by atoms with van der Waals surface area (Å²) < 4.78 is 3.15. The monoisotopic (exact) mass is 414 g/mol. The maximum atomic E-state index is 12.5. The van der Waals surface area contributed by atoms with Crippen molar-refractivity contribution in [3.63, 3.8) is 0 Å². The molecule has 0 saturated carbocycles. The van der Waals surface area contributed by atoms with Crippen molar-refractivity contribution in [1.29, 1.82) is 0 Å². The van der Waals surface area contributed by atoms with Gasteiger partial charge < -0.3 is 4.57 Å². The Morgan fingerprint density at radius 2 is 1.72 bits per heavy atom. The van der Waals surface area contributed by atoms with Gasteiger partial charge in [-0.05, 0) is 50.6 Å². The van der Waals surface area contributed by atoms with Crippen molar-refractivity contribution in [2.24, 2.45) is 4.99 Å². The van der Waals surface area contributed by atoms with Crippen molar-refractivity contribution >= 4 is 33.2 Å². The number of rotatable bonds is 3. The fourth-order valence-corrected chi connectivity index (χ4v) is 4.04. The topological polar surface area (TPSA) is 34.4 Å². The second-order valence-corrected chi connectivity index (χ2v) is 7.92. The molecule has 1 aromatic heterocycles. The van der Waals surface area contributed by atoms with Crippen LogP contribution >= 0.6 is 27.3 Å². The summed E-state index contributed by atoms with van der Waals surface area (Å²) in [6.45, 7) is 6.91. The lowest BCUT2D eigenvalue weighted by Gasteiger charge is -2.07. The molecule has 3 aromatic rings. The zero-order chi connectivity index (χ0) is 18.0. The number of hydrogen-bond donors (Lipinski definition) is 0. The molecular weight excluding hydrogens is 396 g/mol. The van der Waals surface area contributed by atoms with E-state index in [4.69, 9.17) is 0 Å². The van der Waals surface area contributed by atoms with Gasteiger partial charge in [-0.2, -0.15) is 4.99 Å². The van der Waals surface area contributed by atoms with Crippen molar-refractivity contribution in [3.8, 4) is 11.3 Å². The lowest BCUT2D eigenvalue weighted by atomic mass is 10.1. The quantitative estimate of drug-likeness (QED) is 0.567. The molecule has 0 bridgehead atoms. The third-order valence-electron chi connectivity index (χ3n) is 4.01. The zero-order valence-electron chi connectivity index (χ0n) is 14.4. The number of halogens is 1. The van der Waals surface area contributed by atoms with E-state index in [0.29, 0.717) is 5.56 Å². The predicted molar refractivity (Wildman–Crippen MR) is 107 cm³/mol. The highest BCUT2D eigenvalue weighted by Crippen LogP contribution is 2.26. The SMILES string of the molecule is CCn1c(-c2ccc(Br)cc2)c(C)sc1=NC(=O)c1ccc(C)cc1. The molecule has 1 amide bonds. The van der Waals surface area contributed by atoms with E-state index in [1.54, 1.807) is 11.3 Å². The fraction of sp³-hybridized carbons (Fsp3) is 0.200. The van der Waals surface area contributed by atoms with E-state index in [0.717, 1.165) is 37.5 Å². The Labute approximate surface area is 159 Å². The molecule has 0 spiro atoms. The lowest BCUT2D eigenvalue weighted by Crippen LogP contribution is -2.17. The summed E-state index contributed by atoms with van der Waals surface area (Å²) in [5.74, 6) is -0.203. The first-order chi connectivity index (χ1) is 12.0. The standard InChI is InChI=1S/C20H19BrN2OS/c1-4-23-18(15-9-11-17(21)12-10-15)14(3)25-20(23)22-19(24)16-7-5-13(2)6-8-16/h5-12H,4H2,1-3H3. The van der Waals surface area contributed by atoms with Gasteiger partial charge in [0, 0.05) is 21.5 Å². The van der Waals surface area contributed by atoms with E-state index in [1.165, 1.54) is 0 Å². The van der Waals surface area contributed by atoms with E-state index < -0.39 is 0 Å². The van der Waals surface area contributed by atoms with Gasteiger partial charge in [0.2, 0.25) is 0 Å². The van der Waals surface area contributed by atoms with Crippen LogP contribution in [0.25, 0.3) is 11.3 Å². The molecule has 0 aliphatic rings. The molecule has 2 aromatic carbocycles. The maximum absolute atomic E-state index is 12.5. The van der Waals surface area contributed by atoms with Gasteiger partial charge >= 0.3 is 0 Å². The zero-order valence-corrected chi connectivity index (χ0v) is 16.8. The number of nitrogens with zero attached hydrogens (tertiary/aromatic N) is 2. The molecule has 0 N–H and O–H groups in total. The van der Waals surface area contributed by atoms with Crippen molar-refractivity contribution in [3.05, 3.63) is 73.8 Å². The summed E-state index contributed by atoms with van der Waals surface area (Å²) in [5.41, 5.74) is 3.99. The highest BCUT2D eigenvalue weighted by atomic mass is 79.9. The molecule has 0 unspecified atom stereocenters. The Hall–Kier alpha value is -1.98. The van der Waals surface area contributed by atoms with E-state index in [1.807, 2.05) is 43.3 Å². The molecular formula is C20H19BrN2OS. The highest BCUT2D eigenvalue weighted by molar-refractivity contribution is 9.10. The average molecular weight is 415 g/mol. The summed E-state index contributed by atoms with van der Waals surface area (Å²) in [5, 5.41) is 0. The van der Waals surface area contributed by atoms with E-state index in [9.17, 15) is 4.79 Å². The molecule has 3 nitrogen and oxygen atoms in total. The molecule has 0 aliphatic carbocycles. The van der Waals surface area contributed by atoms with Crippen molar-refractivity contribution in [1.82, 2.24) is 4.57 Å². The lowest BCUT2D eigenvalue weighted by molar-refractivity contribution is 0.0998. The van der Waals surface area contributed by atoms with Gasteiger partial charge in [0.05, 0.1) is 5.69 Å². The minimum atomic E-state index is -0.203. The molecule has 5 heteroatoms. The molecule has 0 aliphatic heterocycles. The summed E-state index contributed by atoms with van der Waals surface area (Å²) >= 11 is 5.03. The molecule has 25 heavy (non-hydrogen) atoms. The van der Waals surface area contributed by atoms with Gasteiger partial charge in [-0.15, -0.1) is 11.3 Å². The van der Waals surface area contributed by atoms with Gasteiger partial charge in [-0.1, -0.05) is 45.8 Å². The number of thiazole rings is 1. The Morgan fingerprint density at radius 1 is 1.08 bits per heavy atom. The Morgan fingerprint density at radius 3 is 2.32 bits per heavy atom. The average Bonchev–Trinajstić information content (AvgIpc) is 2.91. The molecule has 3 rings (SSSR count). The molecule has 0 atom stereocenters. The van der Waals surface area contributed by atoms with Gasteiger partial charge in [-0.3, -0.25) is 4.79 Å². The minimum Gasteiger partial charge on any atom is -0.316 e. The second-order valence-electron chi connectivity index (χ2n) is 5.82. The summed E-state index contributed by atoms with van der Waals surface area (Å²) in [4.78, 5) is 18.8. The van der Waals surface area contributed by atoms with Gasteiger partial charge in [0.1, 0.15) is 0 Å². The van der Waals surface area contributed by atoms with Gasteiger partial charge in [0.15, 0.2) is 4.80 Å².